The molecule has 0 saturated heterocycles. The van der Waals surface area contributed by atoms with E-state index in [0.29, 0.717) is 19.0 Å². The molecule has 0 amide bonds. The third kappa shape index (κ3) is 6.22. The molecule has 0 fully saturated rings. The number of aryl methyl sites for hydroxylation is 3. The molecule has 1 heterocycles. The van der Waals surface area contributed by atoms with Crippen LogP contribution in [0, 0.1) is 20.8 Å². The minimum atomic E-state index is 0. The van der Waals surface area contributed by atoms with E-state index in [-0.39, 0.29) is 24.0 Å². The highest BCUT2D eigenvalue weighted by molar-refractivity contribution is 14.0. The number of hydrogen-bond donors (Lipinski definition) is 2. The second-order valence-corrected chi connectivity index (χ2v) is 5.60. The second kappa shape index (κ2) is 10.3. The third-order valence-electron chi connectivity index (χ3n) is 3.72. The smallest absolute Gasteiger partial charge is 0.214 e. The number of halogens is 1. The molecule has 0 aliphatic heterocycles. The maximum atomic E-state index is 5.58. The maximum Gasteiger partial charge on any atom is 0.214 e. The zero-order valence-corrected chi connectivity index (χ0v) is 17.8. The number of aliphatic imine (C=N–C) groups is 1. The lowest BCUT2D eigenvalue weighted by Crippen LogP contribution is -2.36. The second-order valence-electron chi connectivity index (χ2n) is 5.60. The Morgan fingerprint density at radius 3 is 2.60 bits per heavy atom. The van der Waals surface area contributed by atoms with Gasteiger partial charge in [-0.15, -0.1) is 24.0 Å². The summed E-state index contributed by atoms with van der Waals surface area (Å²) in [4.78, 5) is 8.97. The summed E-state index contributed by atoms with van der Waals surface area (Å²) in [5.74, 6) is 3.12. The van der Waals surface area contributed by atoms with Crippen LogP contribution in [-0.4, -0.2) is 24.6 Å². The lowest BCUT2D eigenvalue weighted by molar-refractivity contribution is 0.411. The van der Waals surface area contributed by atoms with Gasteiger partial charge in [0.2, 0.25) is 5.89 Å². The number of rotatable bonds is 6. The van der Waals surface area contributed by atoms with Gasteiger partial charge >= 0.3 is 0 Å². The number of aromatic nitrogens is 1. The summed E-state index contributed by atoms with van der Waals surface area (Å²) in [5.41, 5.74) is 3.13. The van der Waals surface area contributed by atoms with Gasteiger partial charge in [0.05, 0.1) is 25.9 Å². The normalized spacial score (nSPS) is 11.0. The summed E-state index contributed by atoms with van der Waals surface area (Å²) < 4.78 is 10.9. The summed E-state index contributed by atoms with van der Waals surface area (Å²) in [5, 5.41) is 6.46. The van der Waals surface area contributed by atoms with Gasteiger partial charge in [0.1, 0.15) is 11.5 Å². The van der Waals surface area contributed by atoms with Crippen molar-refractivity contribution < 1.29 is 9.15 Å². The summed E-state index contributed by atoms with van der Waals surface area (Å²) >= 11 is 0. The molecule has 0 bridgehead atoms. The molecule has 2 rings (SSSR count). The first-order valence-corrected chi connectivity index (χ1v) is 8.12. The summed E-state index contributed by atoms with van der Waals surface area (Å²) in [7, 11) is 1.68. The number of oxazole rings is 1. The van der Waals surface area contributed by atoms with Crippen LogP contribution >= 0.6 is 24.0 Å². The quantitative estimate of drug-likeness (QED) is 0.394. The van der Waals surface area contributed by atoms with E-state index in [9.17, 15) is 0 Å². The number of nitrogens with one attached hydrogen (secondary N) is 2. The topological polar surface area (TPSA) is 71.7 Å². The Labute approximate surface area is 166 Å². The lowest BCUT2D eigenvalue weighted by atomic mass is 10.1. The standard InChI is InChI=1S/C18H26N4O2.HI/c1-6-19-18(21-11-17-22-13(3)14(4)24-17)20-10-15-8-7-12(2)16(9-15)23-5;/h7-9H,6,10-11H2,1-5H3,(H2,19,20,21);1H. The van der Waals surface area contributed by atoms with Crippen LogP contribution in [-0.2, 0) is 13.1 Å². The monoisotopic (exact) mass is 458 g/mol. The van der Waals surface area contributed by atoms with Crippen molar-refractivity contribution in [3.05, 3.63) is 46.7 Å². The Morgan fingerprint density at radius 2 is 2.00 bits per heavy atom. The Morgan fingerprint density at radius 1 is 1.24 bits per heavy atom. The van der Waals surface area contributed by atoms with Gasteiger partial charge in [0.15, 0.2) is 5.96 Å². The molecule has 2 aromatic rings. The van der Waals surface area contributed by atoms with Crippen molar-refractivity contribution in [1.29, 1.82) is 0 Å². The zero-order valence-electron chi connectivity index (χ0n) is 15.5. The Hall–Kier alpha value is -1.77. The maximum absolute atomic E-state index is 5.58. The van der Waals surface area contributed by atoms with E-state index < -0.39 is 0 Å². The van der Waals surface area contributed by atoms with E-state index in [2.05, 4.69) is 26.7 Å². The Bertz CT molecular complexity index is 694. The van der Waals surface area contributed by atoms with Crippen LogP contribution in [0.4, 0.5) is 0 Å². The fourth-order valence-electron chi connectivity index (χ4n) is 2.25. The summed E-state index contributed by atoms with van der Waals surface area (Å²) in [6, 6.07) is 6.12. The number of methoxy groups -OCH3 is 1. The SMILES string of the molecule is CCNC(=NCc1ccc(C)c(OC)c1)NCc1nc(C)c(C)o1.I. The molecular formula is C18H27IN4O2. The van der Waals surface area contributed by atoms with Crippen molar-refractivity contribution in [2.45, 2.75) is 40.8 Å². The van der Waals surface area contributed by atoms with Crippen molar-refractivity contribution in [3.8, 4) is 5.75 Å². The van der Waals surface area contributed by atoms with E-state index in [0.717, 1.165) is 40.8 Å². The van der Waals surface area contributed by atoms with Gasteiger partial charge in [-0.2, -0.15) is 0 Å². The van der Waals surface area contributed by atoms with Crippen molar-refractivity contribution in [2.24, 2.45) is 4.99 Å². The largest absolute Gasteiger partial charge is 0.496 e. The van der Waals surface area contributed by atoms with E-state index in [4.69, 9.17) is 9.15 Å². The van der Waals surface area contributed by atoms with Gasteiger partial charge in [-0.1, -0.05) is 12.1 Å². The van der Waals surface area contributed by atoms with Crippen LogP contribution in [0.1, 0.15) is 35.4 Å². The molecule has 6 nitrogen and oxygen atoms in total. The van der Waals surface area contributed by atoms with Gasteiger partial charge in [0.25, 0.3) is 0 Å². The van der Waals surface area contributed by atoms with E-state index >= 15 is 0 Å². The molecule has 0 aliphatic rings. The van der Waals surface area contributed by atoms with E-state index in [1.165, 1.54) is 0 Å². The van der Waals surface area contributed by atoms with Crippen molar-refractivity contribution >= 4 is 29.9 Å². The first-order chi connectivity index (χ1) is 11.5. The molecule has 1 aromatic carbocycles. The minimum Gasteiger partial charge on any atom is -0.496 e. The van der Waals surface area contributed by atoms with Crippen molar-refractivity contribution in [1.82, 2.24) is 15.6 Å². The number of guanidine groups is 1. The highest BCUT2D eigenvalue weighted by Gasteiger charge is 2.06. The highest BCUT2D eigenvalue weighted by atomic mass is 127. The molecule has 0 aliphatic carbocycles. The molecule has 25 heavy (non-hydrogen) atoms. The van der Waals surface area contributed by atoms with Crippen molar-refractivity contribution in [2.75, 3.05) is 13.7 Å². The average molecular weight is 458 g/mol. The van der Waals surface area contributed by atoms with Crippen LogP contribution < -0.4 is 15.4 Å². The molecule has 0 spiro atoms. The number of benzene rings is 1. The molecule has 0 atom stereocenters. The predicted octanol–water partition coefficient (Wildman–Crippen LogP) is 3.48. The molecule has 0 radical (unpaired) electrons. The lowest BCUT2D eigenvalue weighted by Gasteiger charge is -2.10. The molecule has 2 N–H and O–H groups in total. The molecule has 1 aromatic heterocycles. The van der Waals surface area contributed by atoms with Gasteiger partial charge in [-0.05, 0) is 44.9 Å². The van der Waals surface area contributed by atoms with Gasteiger partial charge in [-0.3, -0.25) is 0 Å². The first kappa shape index (κ1) is 21.3. The summed E-state index contributed by atoms with van der Waals surface area (Å²) in [6.07, 6.45) is 0. The zero-order chi connectivity index (χ0) is 17.5. The molecule has 0 saturated carbocycles. The summed E-state index contributed by atoms with van der Waals surface area (Å²) in [6.45, 7) is 9.76. The Balaban J connectivity index is 0.00000312. The molecule has 0 unspecified atom stereocenters. The minimum absolute atomic E-state index is 0. The number of nitrogens with zero attached hydrogens (tertiary/aromatic N) is 2. The number of hydrogen-bond acceptors (Lipinski definition) is 4. The van der Waals surface area contributed by atoms with Crippen LogP contribution in [0.15, 0.2) is 27.6 Å². The highest BCUT2D eigenvalue weighted by Crippen LogP contribution is 2.19. The fraction of sp³-hybridized carbons (Fsp3) is 0.444. The van der Waals surface area contributed by atoms with Crippen LogP contribution in [0.2, 0.25) is 0 Å². The van der Waals surface area contributed by atoms with Gasteiger partial charge < -0.3 is 19.8 Å². The van der Waals surface area contributed by atoms with Crippen LogP contribution in [0.5, 0.6) is 5.75 Å². The van der Waals surface area contributed by atoms with Crippen LogP contribution in [0.25, 0.3) is 0 Å². The predicted molar refractivity (Wildman–Crippen MR) is 111 cm³/mol. The number of ether oxygens (including phenoxy) is 1. The van der Waals surface area contributed by atoms with Gasteiger partial charge in [-0.25, -0.2) is 9.98 Å². The fourth-order valence-corrected chi connectivity index (χ4v) is 2.25. The van der Waals surface area contributed by atoms with E-state index in [1.54, 1.807) is 7.11 Å². The van der Waals surface area contributed by atoms with Crippen LogP contribution in [0.3, 0.4) is 0 Å². The Kier molecular flexibility index (Phi) is 8.74. The third-order valence-corrected chi connectivity index (χ3v) is 3.72. The van der Waals surface area contributed by atoms with E-state index in [1.807, 2.05) is 39.8 Å². The van der Waals surface area contributed by atoms with Crippen molar-refractivity contribution in [3.63, 3.8) is 0 Å². The molecular weight excluding hydrogens is 431 g/mol. The molecule has 7 heteroatoms. The van der Waals surface area contributed by atoms with Gasteiger partial charge in [0, 0.05) is 6.54 Å². The average Bonchev–Trinajstić information content (AvgIpc) is 2.89. The first-order valence-electron chi connectivity index (χ1n) is 8.12. The molecule has 138 valence electrons.